The quantitative estimate of drug-likeness (QED) is 0.399. The summed E-state index contributed by atoms with van der Waals surface area (Å²) in [7, 11) is 0. The highest BCUT2D eigenvalue weighted by atomic mass is 32.1. The second kappa shape index (κ2) is 11.5. The van der Waals surface area contributed by atoms with E-state index in [0.717, 1.165) is 28.2 Å². The maximum absolute atomic E-state index is 13.1. The summed E-state index contributed by atoms with van der Waals surface area (Å²) in [6.45, 7) is 11.2. The summed E-state index contributed by atoms with van der Waals surface area (Å²) in [5, 5.41) is 12.6. The van der Waals surface area contributed by atoms with Crippen LogP contribution in [-0.4, -0.2) is 39.6 Å². The molecule has 2 aliphatic carbocycles. The van der Waals surface area contributed by atoms with Gasteiger partial charge < -0.3 is 15.2 Å². The van der Waals surface area contributed by atoms with Crippen LogP contribution in [-0.2, 0) is 16.6 Å². The van der Waals surface area contributed by atoms with Gasteiger partial charge in [-0.05, 0) is 37.2 Å². The summed E-state index contributed by atoms with van der Waals surface area (Å²) >= 11 is 1.42. The number of ether oxygens (including phenoxy) is 1. The standard InChI is InChI=1S/C29H41N3O4S/c1-17(2)16-36-24-15-19(14-23(32-24)29(3,4)5)25-22(11-18-9-7-6-8-10-18)31-27(37-25)26(33)30-21-12-20(13-21)28(34)35/h14-15,17-18,20-21H,6-13,16H2,1-5H3,(H,30,33)(H,34,35). The number of thiazole rings is 1. The number of aromatic nitrogens is 2. The molecule has 4 rings (SSSR count). The zero-order chi connectivity index (χ0) is 26.7. The number of pyridine rings is 1. The van der Waals surface area contributed by atoms with Gasteiger partial charge in [0.15, 0.2) is 5.01 Å². The van der Waals surface area contributed by atoms with E-state index < -0.39 is 5.97 Å². The van der Waals surface area contributed by atoms with Crippen molar-refractivity contribution >= 4 is 23.2 Å². The first-order chi connectivity index (χ1) is 17.5. The van der Waals surface area contributed by atoms with Crippen LogP contribution in [0.15, 0.2) is 12.1 Å². The van der Waals surface area contributed by atoms with Crippen LogP contribution in [0.1, 0.15) is 101 Å². The lowest BCUT2D eigenvalue weighted by molar-refractivity contribution is -0.145. The molecule has 202 valence electrons. The number of nitrogens with one attached hydrogen (secondary N) is 1. The number of aliphatic carboxylic acids is 1. The summed E-state index contributed by atoms with van der Waals surface area (Å²) < 4.78 is 6.06. The Morgan fingerprint density at radius 3 is 2.46 bits per heavy atom. The summed E-state index contributed by atoms with van der Waals surface area (Å²) in [5.41, 5.74) is 2.75. The summed E-state index contributed by atoms with van der Waals surface area (Å²) in [6.07, 6.45) is 8.00. The molecule has 0 bridgehead atoms. The summed E-state index contributed by atoms with van der Waals surface area (Å²) in [4.78, 5) is 35.0. The molecule has 2 N–H and O–H groups in total. The molecular weight excluding hydrogens is 486 g/mol. The van der Waals surface area contributed by atoms with Crippen molar-refractivity contribution in [1.82, 2.24) is 15.3 Å². The lowest BCUT2D eigenvalue weighted by atomic mass is 9.80. The molecular formula is C29H41N3O4S. The second-order valence-corrected chi connectivity index (χ2v) is 13.2. The Bertz CT molecular complexity index is 1110. The fourth-order valence-corrected chi connectivity index (χ4v) is 5.99. The largest absolute Gasteiger partial charge is 0.481 e. The van der Waals surface area contributed by atoms with Crippen molar-refractivity contribution in [3.05, 3.63) is 28.5 Å². The molecule has 2 aromatic heterocycles. The summed E-state index contributed by atoms with van der Waals surface area (Å²) in [5.74, 6) is 0.200. The number of hydrogen-bond acceptors (Lipinski definition) is 6. The number of carboxylic acids is 1. The molecule has 2 aromatic rings. The molecule has 2 saturated carbocycles. The Morgan fingerprint density at radius 2 is 1.84 bits per heavy atom. The molecule has 0 atom stereocenters. The lowest BCUT2D eigenvalue weighted by Crippen LogP contribution is -2.46. The molecule has 2 fully saturated rings. The fraction of sp³-hybridized carbons (Fsp3) is 0.655. The number of rotatable bonds is 9. The molecule has 0 radical (unpaired) electrons. The van der Waals surface area contributed by atoms with Crippen molar-refractivity contribution in [2.45, 2.75) is 97.4 Å². The third kappa shape index (κ3) is 7.09. The number of nitrogens with zero attached hydrogens (tertiary/aromatic N) is 2. The molecule has 0 aromatic carbocycles. The van der Waals surface area contributed by atoms with Crippen LogP contribution in [0.25, 0.3) is 10.4 Å². The van der Waals surface area contributed by atoms with Crippen LogP contribution >= 0.6 is 11.3 Å². The highest BCUT2D eigenvalue weighted by molar-refractivity contribution is 7.17. The third-order valence-corrected chi connectivity index (χ3v) is 8.46. The Labute approximate surface area is 224 Å². The van der Waals surface area contributed by atoms with Gasteiger partial charge in [0.2, 0.25) is 5.88 Å². The van der Waals surface area contributed by atoms with Crippen LogP contribution in [0.5, 0.6) is 5.88 Å². The highest BCUT2D eigenvalue weighted by Crippen LogP contribution is 2.38. The van der Waals surface area contributed by atoms with Gasteiger partial charge >= 0.3 is 5.97 Å². The molecule has 37 heavy (non-hydrogen) atoms. The number of hydrogen-bond donors (Lipinski definition) is 2. The number of carbonyl (C=O) groups is 2. The van der Waals surface area contributed by atoms with E-state index in [1.807, 2.05) is 6.07 Å². The predicted octanol–water partition coefficient (Wildman–Crippen LogP) is 6.25. The molecule has 7 nitrogen and oxygen atoms in total. The van der Waals surface area contributed by atoms with Crippen molar-refractivity contribution in [2.75, 3.05) is 6.61 Å². The Kier molecular flexibility index (Phi) is 8.56. The monoisotopic (exact) mass is 527 g/mol. The van der Waals surface area contributed by atoms with Crippen molar-refractivity contribution in [3.8, 4) is 16.3 Å². The first kappa shape index (κ1) is 27.6. The van der Waals surface area contributed by atoms with Crippen molar-refractivity contribution in [2.24, 2.45) is 17.8 Å². The van der Waals surface area contributed by atoms with Crippen LogP contribution in [0.2, 0.25) is 0 Å². The van der Waals surface area contributed by atoms with E-state index in [-0.39, 0.29) is 23.3 Å². The van der Waals surface area contributed by atoms with Crippen LogP contribution in [0, 0.1) is 17.8 Å². The highest BCUT2D eigenvalue weighted by Gasteiger charge is 2.36. The topological polar surface area (TPSA) is 101 Å². The van der Waals surface area contributed by atoms with E-state index >= 15 is 0 Å². The maximum atomic E-state index is 13.1. The second-order valence-electron chi connectivity index (χ2n) is 12.2. The van der Waals surface area contributed by atoms with E-state index in [9.17, 15) is 9.59 Å². The van der Waals surface area contributed by atoms with Crippen molar-refractivity contribution < 1.29 is 19.4 Å². The number of amides is 1. The molecule has 0 aliphatic heterocycles. The molecule has 8 heteroatoms. The van der Waals surface area contributed by atoms with E-state index in [2.05, 4.69) is 46.0 Å². The van der Waals surface area contributed by atoms with Gasteiger partial charge in [0.05, 0.1) is 28.8 Å². The van der Waals surface area contributed by atoms with Gasteiger partial charge in [-0.15, -0.1) is 11.3 Å². The van der Waals surface area contributed by atoms with Gasteiger partial charge in [-0.1, -0.05) is 66.7 Å². The molecule has 1 amide bonds. The average molecular weight is 528 g/mol. The lowest BCUT2D eigenvalue weighted by Gasteiger charge is -2.32. The first-order valence-corrected chi connectivity index (χ1v) is 14.5. The molecule has 0 spiro atoms. The normalized spacial score (nSPS) is 20.5. The molecule has 0 unspecified atom stereocenters. The molecule has 0 saturated heterocycles. The zero-order valence-electron chi connectivity index (χ0n) is 22.8. The van der Waals surface area contributed by atoms with Crippen LogP contribution in [0.3, 0.4) is 0 Å². The Morgan fingerprint density at radius 1 is 1.14 bits per heavy atom. The van der Waals surface area contributed by atoms with E-state index in [1.165, 1.54) is 43.4 Å². The number of carbonyl (C=O) groups excluding carboxylic acids is 1. The van der Waals surface area contributed by atoms with E-state index in [1.54, 1.807) is 0 Å². The Balaban J connectivity index is 1.66. The van der Waals surface area contributed by atoms with Crippen LogP contribution in [0.4, 0.5) is 0 Å². The van der Waals surface area contributed by atoms with Gasteiger partial charge in [-0.25, -0.2) is 9.97 Å². The smallest absolute Gasteiger partial charge is 0.306 e. The maximum Gasteiger partial charge on any atom is 0.306 e. The molecule has 2 heterocycles. The fourth-order valence-electron chi connectivity index (χ4n) is 5.01. The van der Waals surface area contributed by atoms with E-state index in [4.69, 9.17) is 19.8 Å². The Hall–Kier alpha value is -2.48. The van der Waals surface area contributed by atoms with Gasteiger partial charge in [0.25, 0.3) is 5.91 Å². The van der Waals surface area contributed by atoms with Crippen molar-refractivity contribution in [3.63, 3.8) is 0 Å². The van der Waals surface area contributed by atoms with Gasteiger partial charge in [0.1, 0.15) is 0 Å². The van der Waals surface area contributed by atoms with Crippen molar-refractivity contribution in [1.29, 1.82) is 0 Å². The summed E-state index contributed by atoms with van der Waals surface area (Å²) in [6, 6.07) is 4.00. The van der Waals surface area contributed by atoms with Gasteiger partial charge in [-0.2, -0.15) is 0 Å². The van der Waals surface area contributed by atoms with Crippen LogP contribution < -0.4 is 10.1 Å². The average Bonchev–Trinajstić information content (AvgIpc) is 3.23. The predicted molar refractivity (Wildman–Crippen MR) is 146 cm³/mol. The number of carboxylic acid groups (broad SMARTS) is 1. The van der Waals surface area contributed by atoms with E-state index in [0.29, 0.717) is 42.2 Å². The SMILES string of the molecule is CC(C)COc1cc(-c2sc(C(=O)NC3CC(C(=O)O)C3)nc2CC2CCCCC2)cc(C(C)(C)C)n1. The minimum Gasteiger partial charge on any atom is -0.481 e. The minimum absolute atomic E-state index is 0.104. The molecule has 2 aliphatic rings. The third-order valence-electron chi connectivity index (χ3n) is 7.32. The van der Waals surface area contributed by atoms with Gasteiger partial charge in [0, 0.05) is 23.1 Å². The van der Waals surface area contributed by atoms with Gasteiger partial charge in [-0.3, -0.25) is 9.59 Å². The zero-order valence-corrected chi connectivity index (χ0v) is 23.6. The first-order valence-electron chi connectivity index (χ1n) is 13.7. The minimum atomic E-state index is -0.792.